The third-order valence-electron chi connectivity index (χ3n) is 4.50. The van der Waals surface area contributed by atoms with E-state index in [-0.39, 0.29) is 0 Å². The third-order valence-corrected chi connectivity index (χ3v) is 4.50. The van der Waals surface area contributed by atoms with E-state index in [1.54, 1.807) is 0 Å². The van der Waals surface area contributed by atoms with Crippen LogP contribution in [0.1, 0.15) is 51.9 Å². The van der Waals surface area contributed by atoms with Crippen LogP contribution in [0.15, 0.2) is 0 Å². The number of nitrogens with one attached hydrogen (secondary N) is 1. The standard InChI is InChI=1S/C14H24F3N/c1-2-9-18-13(10-3-4-10)11-5-7-12(8-6-11)14(15,16)17/h10-13,18H,2-9H2,1H3. The molecule has 0 heterocycles. The lowest BCUT2D eigenvalue weighted by atomic mass is 9.77. The monoisotopic (exact) mass is 263 g/mol. The van der Waals surface area contributed by atoms with Crippen LogP contribution in [-0.4, -0.2) is 18.8 Å². The van der Waals surface area contributed by atoms with Crippen molar-refractivity contribution in [1.82, 2.24) is 5.32 Å². The molecule has 0 amide bonds. The van der Waals surface area contributed by atoms with Crippen LogP contribution in [0.5, 0.6) is 0 Å². The molecule has 106 valence electrons. The minimum atomic E-state index is -3.98. The van der Waals surface area contributed by atoms with Gasteiger partial charge in [0.05, 0.1) is 5.92 Å². The van der Waals surface area contributed by atoms with E-state index in [4.69, 9.17) is 0 Å². The first-order chi connectivity index (χ1) is 8.52. The van der Waals surface area contributed by atoms with E-state index >= 15 is 0 Å². The Morgan fingerprint density at radius 2 is 1.50 bits per heavy atom. The number of alkyl halides is 3. The van der Waals surface area contributed by atoms with Crippen LogP contribution < -0.4 is 5.32 Å². The Morgan fingerprint density at radius 3 is 1.89 bits per heavy atom. The van der Waals surface area contributed by atoms with Gasteiger partial charge in [0.25, 0.3) is 0 Å². The molecular formula is C14H24F3N. The molecule has 2 fully saturated rings. The van der Waals surface area contributed by atoms with Crippen LogP contribution in [-0.2, 0) is 0 Å². The number of halogens is 3. The molecule has 0 aromatic carbocycles. The van der Waals surface area contributed by atoms with Gasteiger partial charge in [0, 0.05) is 6.04 Å². The summed E-state index contributed by atoms with van der Waals surface area (Å²) in [7, 11) is 0. The molecule has 0 saturated heterocycles. The first kappa shape index (κ1) is 14.2. The molecule has 0 aliphatic heterocycles. The van der Waals surface area contributed by atoms with Gasteiger partial charge < -0.3 is 5.32 Å². The van der Waals surface area contributed by atoms with Crippen molar-refractivity contribution < 1.29 is 13.2 Å². The summed E-state index contributed by atoms with van der Waals surface area (Å²) in [4.78, 5) is 0. The predicted octanol–water partition coefficient (Wildman–Crippen LogP) is 4.13. The molecule has 1 nitrogen and oxygen atoms in total. The lowest BCUT2D eigenvalue weighted by molar-refractivity contribution is -0.184. The second-order valence-corrected chi connectivity index (χ2v) is 5.97. The molecule has 0 radical (unpaired) electrons. The van der Waals surface area contributed by atoms with E-state index in [1.807, 2.05) is 0 Å². The quantitative estimate of drug-likeness (QED) is 0.786. The fourth-order valence-corrected chi connectivity index (χ4v) is 3.29. The summed E-state index contributed by atoms with van der Waals surface area (Å²) in [5.74, 6) is 0.173. The lowest BCUT2D eigenvalue weighted by Gasteiger charge is -2.35. The van der Waals surface area contributed by atoms with Gasteiger partial charge in [0.2, 0.25) is 0 Å². The second kappa shape index (κ2) is 5.81. The van der Waals surface area contributed by atoms with Crippen molar-refractivity contribution in [1.29, 1.82) is 0 Å². The molecule has 0 aromatic heterocycles. The maximum Gasteiger partial charge on any atom is 0.391 e. The third kappa shape index (κ3) is 3.62. The minimum Gasteiger partial charge on any atom is -0.313 e. The first-order valence-electron chi connectivity index (χ1n) is 7.32. The molecule has 0 bridgehead atoms. The molecule has 4 heteroatoms. The van der Waals surface area contributed by atoms with Gasteiger partial charge in [0.15, 0.2) is 0 Å². The molecule has 18 heavy (non-hydrogen) atoms. The first-order valence-corrected chi connectivity index (χ1v) is 7.32. The molecule has 1 unspecified atom stereocenters. The molecule has 2 rings (SSSR count). The van der Waals surface area contributed by atoms with E-state index in [2.05, 4.69) is 12.2 Å². The smallest absolute Gasteiger partial charge is 0.313 e. The van der Waals surface area contributed by atoms with Crippen LogP contribution >= 0.6 is 0 Å². The van der Waals surface area contributed by atoms with Crippen LogP contribution in [0, 0.1) is 17.8 Å². The maximum atomic E-state index is 12.6. The summed E-state index contributed by atoms with van der Waals surface area (Å²) < 4.78 is 37.9. The van der Waals surface area contributed by atoms with Crippen molar-refractivity contribution in [2.75, 3.05) is 6.54 Å². The fourth-order valence-electron chi connectivity index (χ4n) is 3.29. The van der Waals surface area contributed by atoms with E-state index in [0.717, 1.165) is 31.7 Å². The minimum absolute atomic E-state index is 0.338. The second-order valence-electron chi connectivity index (χ2n) is 5.97. The zero-order valence-electron chi connectivity index (χ0n) is 11.1. The van der Waals surface area contributed by atoms with Gasteiger partial charge >= 0.3 is 6.18 Å². The van der Waals surface area contributed by atoms with Crippen LogP contribution in [0.2, 0.25) is 0 Å². The summed E-state index contributed by atoms with van der Waals surface area (Å²) in [6.07, 6.45) is 1.83. The van der Waals surface area contributed by atoms with Crippen molar-refractivity contribution in [2.24, 2.45) is 17.8 Å². The Bertz CT molecular complexity index is 252. The van der Waals surface area contributed by atoms with Crippen molar-refractivity contribution in [3.05, 3.63) is 0 Å². The molecule has 0 spiro atoms. The predicted molar refractivity (Wildman–Crippen MR) is 66.3 cm³/mol. The summed E-state index contributed by atoms with van der Waals surface area (Å²) in [5.41, 5.74) is 0. The van der Waals surface area contributed by atoms with Gasteiger partial charge in [-0.1, -0.05) is 6.92 Å². The fraction of sp³-hybridized carbons (Fsp3) is 1.00. The molecular weight excluding hydrogens is 239 g/mol. The Balaban J connectivity index is 1.83. The zero-order chi connectivity index (χ0) is 13.2. The number of rotatable bonds is 5. The molecule has 2 aliphatic rings. The van der Waals surface area contributed by atoms with E-state index in [1.165, 1.54) is 12.8 Å². The van der Waals surface area contributed by atoms with Gasteiger partial charge in [-0.2, -0.15) is 13.2 Å². The summed E-state index contributed by atoms with van der Waals surface area (Å²) in [6, 6.07) is 0.485. The highest BCUT2D eigenvalue weighted by atomic mass is 19.4. The van der Waals surface area contributed by atoms with Gasteiger partial charge in [-0.25, -0.2) is 0 Å². The van der Waals surface area contributed by atoms with Crippen molar-refractivity contribution in [2.45, 2.75) is 64.1 Å². The average molecular weight is 263 g/mol. The van der Waals surface area contributed by atoms with Crippen molar-refractivity contribution >= 4 is 0 Å². The summed E-state index contributed by atoms with van der Waals surface area (Å²) >= 11 is 0. The normalized spacial score (nSPS) is 31.3. The van der Waals surface area contributed by atoms with Gasteiger partial charge in [-0.15, -0.1) is 0 Å². The highest BCUT2D eigenvalue weighted by molar-refractivity contribution is 4.93. The Hall–Kier alpha value is -0.250. The lowest BCUT2D eigenvalue weighted by Crippen LogP contribution is -2.41. The van der Waals surface area contributed by atoms with Gasteiger partial charge in [-0.05, 0) is 63.3 Å². The van der Waals surface area contributed by atoms with Crippen molar-refractivity contribution in [3.8, 4) is 0 Å². The average Bonchev–Trinajstić information content (AvgIpc) is 3.13. The van der Waals surface area contributed by atoms with E-state index < -0.39 is 12.1 Å². The largest absolute Gasteiger partial charge is 0.391 e. The van der Waals surface area contributed by atoms with Crippen LogP contribution in [0.4, 0.5) is 13.2 Å². The Kier molecular flexibility index (Phi) is 4.57. The highest BCUT2D eigenvalue weighted by Crippen LogP contribution is 2.44. The SMILES string of the molecule is CCCNC(C1CC1)C1CCC(C(F)(F)F)CC1. The van der Waals surface area contributed by atoms with Gasteiger partial charge in [0.1, 0.15) is 0 Å². The van der Waals surface area contributed by atoms with Crippen LogP contribution in [0.3, 0.4) is 0 Å². The Labute approximate surface area is 108 Å². The molecule has 2 aliphatic carbocycles. The van der Waals surface area contributed by atoms with E-state index in [9.17, 15) is 13.2 Å². The Morgan fingerprint density at radius 1 is 1.00 bits per heavy atom. The topological polar surface area (TPSA) is 12.0 Å². The zero-order valence-corrected chi connectivity index (χ0v) is 11.1. The van der Waals surface area contributed by atoms with Gasteiger partial charge in [-0.3, -0.25) is 0 Å². The molecule has 0 aromatic rings. The number of hydrogen-bond acceptors (Lipinski definition) is 1. The van der Waals surface area contributed by atoms with E-state index in [0.29, 0.717) is 24.8 Å². The molecule has 1 atom stereocenters. The molecule has 1 N–H and O–H groups in total. The van der Waals surface area contributed by atoms with Crippen LogP contribution in [0.25, 0.3) is 0 Å². The van der Waals surface area contributed by atoms with Crippen molar-refractivity contribution in [3.63, 3.8) is 0 Å². The summed E-state index contributed by atoms with van der Waals surface area (Å²) in [5, 5.41) is 3.57. The number of hydrogen-bond donors (Lipinski definition) is 1. The highest BCUT2D eigenvalue weighted by Gasteiger charge is 2.44. The summed E-state index contributed by atoms with van der Waals surface area (Å²) in [6.45, 7) is 3.14. The maximum absolute atomic E-state index is 12.6. The molecule has 2 saturated carbocycles.